The highest BCUT2D eigenvalue weighted by molar-refractivity contribution is 4.70. The summed E-state index contributed by atoms with van der Waals surface area (Å²) in [5.41, 5.74) is 5.69. The minimum atomic E-state index is 0.310. The second-order valence-corrected chi connectivity index (χ2v) is 2.84. The van der Waals surface area contributed by atoms with Crippen LogP contribution in [0, 0.1) is 5.92 Å². The van der Waals surface area contributed by atoms with Crippen LogP contribution in [0.3, 0.4) is 0 Å². The minimum Gasteiger partial charge on any atom is -0.381 e. The smallest absolute Gasteiger partial charge is 0.0508 e. The summed E-state index contributed by atoms with van der Waals surface area (Å²) in [4.78, 5) is 0. The van der Waals surface area contributed by atoms with Gasteiger partial charge in [-0.25, -0.2) is 0 Å². The van der Waals surface area contributed by atoms with E-state index in [2.05, 4.69) is 6.92 Å². The third-order valence-corrected chi connectivity index (χ3v) is 1.94. The van der Waals surface area contributed by atoms with Crippen molar-refractivity contribution in [1.82, 2.24) is 0 Å². The van der Waals surface area contributed by atoms with Crippen molar-refractivity contribution in [3.8, 4) is 0 Å². The van der Waals surface area contributed by atoms with Crippen molar-refractivity contribution >= 4 is 0 Å². The molecule has 0 amide bonds. The van der Waals surface area contributed by atoms with Crippen molar-refractivity contribution in [3.63, 3.8) is 0 Å². The average molecular weight is 159 g/mol. The van der Waals surface area contributed by atoms with Gasteiger partial charge in [-0.05, 0) is 25.7 Å². The van der Waals surface area contributed by atoms with E-state index in [4.69, 9.17) is 10.5 Å². The molecule has 11 heavy (non-hydrogen) atoms. The molecule has 68 valence electrons. The Kier molecular flexibility index (Phi) is 6.57. The second kappa shape index (κ2) is 6.62. The monoisotopic (exact) mass is 159 g/mol. The van der Waals surface area contributed by atoms with Crippen LogP contribution in [0.25, 0.3) is 0 Å². The van der Waals surface area contributed by atoms with E-state index in [0.717, 1.165) is 13.2 Å². The third-order valence-electron chi connectivity index (χ3n) is 1.94. The molecule has 1 fully saturated rings. The summed E-state index contributed by atoms with van der Waals surface area (Å²) >= 11 is 0. The van der Waals surface area contributed by atoms with E-state index < -0.39 is 0 Å². The third kappa shape index (κ3) is 4.38. The van der Waals surface area contributed by atoms with Crippen LogP contribution in [0.1, 0.15) is 33.6 Å². The van der Waals surface area contributed by atoms with Gasteiger partial charge in [0.15, 0.2) is 0 Å². The molecule has 0 aliphatic carbocycles. The van der Waals surface area contributed by atoms with Gasteiger partial charge in [-0.1, -0.05) is 13.8 Å². The highest BCUT2D eigenvalue weighted by Crippen LogP contribution is 2.15. The summed E-state index contributed by atoms with van der Waals surface area (Å²) in [6.45, 7) is 7.86. The van der Waals surface area contributed by atoms with Gasteiger partial charge in [0.25, 0.3) is 0 Å². The summed E-state index contributed by atoms with van der Waals surface area (Å²) in [6.07, 6.45) is 2.43. The minimum absolute atomic E-state index is 0.310. The van der Waals surface area contributed by atoms with Crippen molar-refractivity contribution < 1.29 is 4.74 Å². The summed E-state index contributed by atoms with van der Waals surface area (Å²) < 4.78 is 5.26. The Morgan fingerprint density at radius 1 is 1.45 bits per heavy atom. The fourth-order valence-electron chi connectivity index (χ4n) is 1.18. The van der Waals surface area contributed by atoms with Crippen molar-refractivity contribution in [2.45, 2.75) is 39.7 Å². The Bertz CT molecular complexity index is 77.6. The molecule has 2 N–H and O–H groups in total. The molecule has 1 heterocycles. The Morgan fingerprint density at radius 3 is 2.36 bits per heavy atom. The first-order valence-corrected chi connectivity index (χ1v) is 4.64. The standard InChI is InChI=1S/C7H15NO.C2H6/c1-6(8)7-3-2-4-9-5-7;1-2/h6-7H,2-5,8H2,1H3;1-2H3. The summed E-state index contributed by atoms with van der Waals surface area (Å²) in [5.74, 6) is 0.610. The SMILES string of the molecule is CC.CC(N)C1CCCOC1. The molecular formula is C9H21NO. The van der Waals surface area contributed by atoms with Crippen LogP contribution in [-0.4, -0.2) is 19.3 Å². The van der Waals surface area contributed by atoms with Gasteiger partial charge in [-0.2, -0.15) is 0 Å². The normalized spacial score (nSPS) is 26.7. The fraction of sp³-hybridized carbons (Fsp3) is 1.00. The van der Waals surface area contributed by atoms with Gasteiger partial charge < -0.3 is 10.5 Å². The zero-order valence-electron chi connectivity index (χ0n) is 7.97. The lowest BCUT2D eigenvalue weighted by Gasteiger charge is -2.24. The number of hydrogen-bond donors (Lipinski definition) is 1. The molecule has 1 rings (SSSR count). The molecule has 0 aromatic rings. The Labute approximate surface area is 70.1 Å². The number of nitrogens with two attached hydrogens (primary N) is 1. The molecule has 2 unspecified atom stereocenters. The van der Waals surface area contributed by atoms with Crippen molar-refractivity contribution in [2.24, 2.45) is 11.7 Å². The van der Waals surface area contributed by atoms with Crippen molar-refractivity contribution in [2.75, 3.05) is 13.2 Å². The molecule has 0 aromatic carbocycles. The maximum Gasteiger partial charge on any atom is 0.0508 e. The largest absolute Gasteiger partial charge is 0.381 e. The van der Waals surface area contributed by atoms with E-state index in [0.29, 0.717) is 12.0 Å². The second-order valence-electron chi connectivity index (χ2n) is 2.84. The van der Waals surface area contributed by atoms with Crippen LogP contribution >= 0.6 is 0 Å². The van der Waals surface area contributed by atoms with Crippen LogP contribution < -0.4 is 5.73 Å². The van der Waals surface area contributed by atoms with Crippen LogP contribution in [0.4, 0.5) is 0 Å². The first-order valence-electron chi connectivity index (χ1n) is 4.64. The molecule has 0 saturated carbocycles. The molecular weight excluding hydrogens is 138 g/mol. The molecule has 1 saturated heterocycles. The Hall–Kier alpha value is -0.0800. The van der Waals surface area contributed by atoms with Gasteiger partial charge >= 0.3 is 0 Å². The molecule has 2 heteroatoms. The van der Waals surface area contributed by atoms with Gasteiger partial charge in [-0.15, -0.1) is 0 Å². The molecule has 2 atom stereocenters. The maximum absolute atomic E-state index is 5.69. The van der Waals surface area contributed by atoms with Gasteiger partial charge in [0.05, 0.1) is 6.61 Å². The first-order chi connectivity index (χ1) is 5.30. The van der Waals surface area contributed by atoms with Crippen LogP contribution in [0.2, 0.25) is 0 Å². The quantitative estimate of drug-likeness (QED) is 0.633. The maximum atomic E-state index is 5.69. The molecule has 0 radical (unpaired) electrons. The van der Waals surface area contributed by atoms with Crippen LogP contribution in [0.15, 0.2) is 0 Å². The number of rotatable bonds is 1. The topological polar surface area (TPSA) is 35.2 Å². The van der Waals surface area contributed by atoms with E-state index in [1.54, 1.807) is 0 Å². The van der Waals surface area contributed by atoms with Gasteiger partial charge in [-0.3, -0.25) is 0 Å². The zero-order valence-corrected chi connectivity index (χ0v) is 7.97. The predicted molar refractivity (Wildman–Crippen MR) is 48.5 cm³/mol. The zero-order chi connectivity index (χ0) is 8.69. The first kappa shape index (κ1) is 10.9. The highest BCUT2D eigenvalue weighted by Gasteiger charge is 2.16. The van der Waals surface area contributed by atoms with Gasteiger partial charge in [0.2, 0.25) is 0 Å². The molecule has 2 nitrogen and oxygen atoms in total. The highest BCUT2D eigenvalue weighted by atomic mass is 16.5. The van der Waals surface area contributed by atoms with E-state index in [-0.39, 0.29) is 0 Å². The van der Waals surface area contributed by atoms with Gasteiger partial charge in [0.1, 0.15) is 0 Å². The lowest BCUT2D eigenvalue weighted by atomic mass is 9.96. The van der Waals surface area contributed by atoms with Crippen molar-refractivity contribution in [3.05, 3.63) is 0 Å². The molecule has 1 aliphatic heterocycles. The number of hydrogen-bond acceptors (Lipinski definition) is 2. The van der Waals surface area contributed by atoms with Gasteiger partial charge in [0, 0.05) is 12.6 Å². The molecule has 0 bridgehead atoms. The molecule has 0 aromatic heterocycles. The average Bonchev–Trinajstić information content (AvgIpc) is 2.10. The lowest BCUT2D eigenvalue weighted by molar-refractivity contribution is 0.0472. The fourth-order valence-corrected chi connectivity index (χ4v) is 1.18. The Morgan fingerprint density at radius 2 is 2.09 bits per heavy atom. The molecule has 1 aliphatic rings. The van der Waals surface area contributed by atoms with E-state index in [1.807, 2.05) is 13.8 Å². The van der Waals surface area contributed by atoms with E-state index in [1.165, 1.54) is 12.8 Å². The lowest BCUT2D eigenvalue weighted by Crippen LogP contribution is -2.33. The summed E-state index contributed by atoms with van der Waals surface area (Å²) in [7, 11) is 0. The van der Waals surface area contributed by atoms with E-state index >= 15 is 0 Å². The summed E-state index contributed by atoms with van der Waals surface area (Å²) in [5, 5.41) is 0. The number of ether oxygens (including phenoxy) is 1. The Balaban J connectivity index is 0.000000461. The van der Waals surface area contributed by atoms with Crippen LogP contribution in [0.5, 0.6) is 0 Å². The van der Waals surface area contributed by atoms with Crippen molar-refractivity contribution in [1.29, 1.82) is 0 Å². The summed E-state index contributed by atoms with van der Waals surface area (Å²) in [6, 6.07) is 0.310. The molecule has 0 spiro atoms. The van der Waals surface area contributed by atoms with Crippen LogP contribution in [-0.2, 0) is 4.74 Å². The van der Waals surface area contributed by atoms with E-state index in [9.17, 15) is 0 Å². The predicted octanol–water partition coefficient (Wildman–Crippen LogP) is 1.79.